The molecule has 0 bridgehead atoms. The highest BCUT2D eigenvalue weighted by atomic mass is 16.5. The van der Waals surface area contributed by atoms with Crippen LogP contribution in [0.15, 0.2) is 48.5 Å². The number of ether oxygens (including phenoxy) is 2. The van der Waals surface area contributed by atoms with E-state index in [9.17, 15) is 14.4 Å². The minimum Gasteiger partial charge on any atom is -0.493 e. The maximum Gasteiger partial charge on any atom is 0.271 e. The molecule has 6 nitrogen and oxygen atoms in total. The first-order chi connectivity index (χ1) is 13.4. The van der Waals surface area contributed by atoms with E-state index < -0.39 is 17.9 Å². The summed E-state index contributed by atoms with van der Waals surface area (Å²) in [7, 11) is 0. The second-order valence-electron chi connectivity index (χ2n) is 6.86. The van der Waals surface area contributed by atoms with Crippen LogP contribution in [-0.2, 0) is 4.79 Å². The lowest BCUT2D eigenvalue weighted by Crippen LogP contribution is -2.47. The Hall–Kier alpha value is -3.15. The first kappa shape index (κ1) is 19.6. The second kappa shape index (κ2) is 8.25. The third kappa shape index (κ3) is 3.76. The van der Waals surface area contributed by atoms with Gasteiger partial charge in [-0.15, -0.1) is 0 Å². The van der Waals surface area contributed by atoms with Gasteiger partial charge in [-0.25, -0.2) is 0 Å². The summed E-state index contributed by atoms with van der Waals surface area (Å²) in [6.07, 6.45) is -0.845. The van der Waals surface area contributed by atoms with Crippen molar-refractivity contribution in [1.82, 2.24) is 4.90 Å². The van der Waals surface area contributed by atoms with Crippen molar-refractivity contribution >= 4 is 17.6 Å². The third-order valence-electron chi connectivity index (χ3n) is 4.52. The Morgan fingerprint density at radius 1 is 1.11 bits per heavy atom. The quantitative estimate of drug-likeness (QED) is 0.567. The summed E-state index contributed by atoms with van der Waals surface area (Å²) in [4.78, 5) is 40.0. The maximum absolute atomic E-state index is 13.0. The van der Waals surface area contributed by atoms with Crippen LogP contribution in [0.4, 0.5) is 0 Å². The molecule has 0 aromatic heterocycles. The van der Waals surface area contributed by atoms with Crippen molar-refractivity contribution in [2.24, 2.45) is 5.92 Å². The molecule has 2 aromatic carbocycles. The van der Waals surface area contributed by atoms with Crippen LogP contribution >= 0.6 is 0 Å². The molecule has 1 aliphatic rings. The van der Waals surface area contributed by atoms with Crippen molar-refractivity contribution in [3.05, 3.63) is 59.7 Å². The summed E-state index contributed by atoms with van der Waals surface area (Å²) >= 11 is 0. The fourth-order valence-corrected chi connectivity index (χ4v) is 3.11. The predicted molar refractivity (Wildman–Crippen MR) is 104 cm³/mol. The SMILES string of the molecule is CCOc1ccccc1C(=O)CN1C(=O)c2ccccc2O[C@H](C(C)C)C1=O. The molecule has 1 heterocycles. The molecule has 0 spiro atoms. The zero-order valence-corrected chi connectivity index (χ0v) is 16.2. The third-order valence-corrected chi connectivity index (χ3v) is 4.52. The zero-order chi connectivity index (χ0) is 20.3. The number of hydrogen-bond acceptors (Lipinski definition) is 5. The van der Waals surface area contributed by atoms with Crippen LogP contribution in [0.1, 0.15) is 41.5 Å². The van der Waals surface area contributed by atoms with Crippen molar-refractivity contribution in [1.29, 1.82) is 0 Å². The average molecular weight is 381 g/mol. The topological polar surface area (TPSA) is 72.9 Å². The molecule has 0 fully saturated rings. The number of para-hydroxylation sites is 2. The number of carbonyl (C=O) groups is 3. The number of amides is 2. The second-order valence-corrected chi connectivity index (χ2v) is 6.86. The molecule has 3 rings (SSSR count). The van der Waals surface area contributed by atoms with Crippen LogP contribution in [-0.4, -0.2) is 41.8 Å². The van der Waals surface area contributed by atoms with Gasteiger partial charge >= 0.3 is 0 Å². The van der Waals surface area contributed by atoms with Crippen molar-refractivity contribution in [3.8, 4) is 11.5 Å². The van der Waals surface area contributed by atoms with Crippen LogP contribution in [0.2, 0.25) is 0 Å². The minimum absolute atomic E-state index is 0.167. The first-order valence-corrected chi connectivity index (χ1v) is 9.30. The molecule has 146 valence electrons. The summed E-state index contributed by atoms with van der Waals surface area (Å²) in [6.45, 7) is 5.53. The summed E-state index contributed by atoms with van der Waals surface area (Å²) in [5, 5.41) is 0. The van der Waals surface area contributed by atoms with E-state index in [4.69, 9.17) is 9.47 Å². The van der Waals surface area contributed by atoms with Crippen LogP contribution in [0, 0.1) is 5.92 Å². The Bertz CT molecular complexity index is 905. The fraction of sp³-hybridized carbons (Fsp3) is 0.318. The Morgan fingerprint density at radius 2 is 1.79 bits per heavy atom. The Morgan fingerprint density at radius 3 is 2.50 bits per heavy atom. The van der Waals surface area contributed by atoms with Crippen molar-refractivity contribution in [2.75, 3.05) is 13.2 Å². The Kier molecular flexibility index (Phi) is 5.78. The molecule has 0 N–H and O–H groups in total. The van der Waals surface area contributed by atoms with Gasteiger partial charge in [0.05, 0.1) is 24.3 Å². The first-order valence-electron chi connectivity index (χ1n) is 9.30. The van der Waals surface area contributed by atoms with Crippen LogP contribution < -0.4 is 9.47 Å². The van der Waals surface area contributed by atoms with Crippen molar-refractivity contribution in [2.45, 2.75) is 26.9 Å². The number of fused-ring (bicyclic) bond motifs is 1. The number of benzene rings is 2. The Labute approximate surface area is 164 Å². The number of rotatable bonds is 6. The van der Waals surface area contributed by atoms with Gasteiger partial charge < -0.3 is 9.47 Å². The molecule has 1 atom stereocenters. The molecule has 0 saturated carbocycles. The molecule has 28 heavy (non-hydrogen) atoms. The summed E-state index contributed by atoms with van der Waals surface area (Å²) in [5.74, 6) is -0.803. The smallest absolute Gasteiger partial charge is 0.271 e. The average Bonchev–Trinajstić information content (AvgIpc) is 2.79. The number of hydrogen-bond donors (Lipinski definition) is 0. The van der Waals surface area contributed by atoms with Crippen LogP contribution in [0.5, 0.6) is 11.5 Å². The van der Waals surface area contributed by atoms with Gasteiger partial charge in [-0.3, -0.25) is 19.3 Å². The lowest BCUT2D eigenvalue weighted by Gasteiger charge is -2.24. The number of nitrogens with zero attached hydrogens (tertiary/aromatic N) is 1. The van der Waals surface area contributed by atoms with Crippen LogP contribution in [0.25, 0.3) is 0 Å². The van der Waals surface area contributed by atoms with Crippen molar-refractivity contribution in [3.63, 3.8) is 0 Å². The normalized spacial score (nSPS) is 16.4. The summed E-state index contributed by atoms with van der Waals surface area (Å²) in [5.41, 5.74) is 0.606. The zero-order valence-electron chi connectivity index (χ0n) is 16.2. The van der Waals surface area contributed by atoms with Crippen molar-refractivity contribution < 1.29 is 23.9 Å². The molecular weight excluding hydrogens is 358 g/mol. The van der Waals surface area contributed by atoms with E-state index >= 15 is 0 Å². The lowest BCUT2D eigenvalue weighted by atomic mass is 10.0. The van der Waals surface area contributed by atoms with Gasteiger partial charge in [0.1, 0.15) is 11.5 Å². The molecule has 0 unspecified atom stereocenters. The largest absolute Gasteiger partial charge is 0.493 e. The summed E-state index contributed by atoms with van der Waals surface area (Å²) in [6, 6.07) is 13.5. The molecule has 0 saturated heterocycles. The van der Waals surface area contributed by atoms with E-state index in [1.165, 1.54) is 0 Å². The molecular formula is C22H23NO5. The number of ketones is 1. The highest BCUT2D eigenvalue weighted by Gasteiger charge is 2.39. The minimum atomic E-state index is -0.845. The lowest BCUT2D eigenvalue weighted by molar-refractivity contribution is -0.136. The number of imide groups is 1. The maximum atomic E-state index is 13.0. The molecule has 1 aliphatic heterocycles. The van der Waals surface area contributed by atoms with Gasteiger partial charge in [0.2, 0.25) is 0 Å². The Balaban J connectivity index is 1.96. The highest BCUT2D eigenvalue weighted by Crippen LogP contribution is 2.28. The standard InChI is InChI=1S/C22H23NO5/c1-4-27-18-11-7-5-9-15(18)17(24)13-23-21(25)16-10-6-8-12-19(16)28-20(14(2)3)22(23)26/h5-12,14,20H,4,13H2,1-3H3/t20-/m1/s1. The highest BCUT2D eigenvalue weighted by molar-refractivity contribution is 6.12. The van der Waals surface area contributed by atoms with Gasteiger partial charge in [0.15, 0.2) is 11.9 Å². The predicted octanol–water partition coefficient (Wildman–Crippen LogP) is 3.35. The molecule has 2 aromatic rings. The van der Waals surface area contributed by atoms with E-state index in [2.05, 4.69) is 0 Å². The van der Waals surface area contributed by atoms with Gasteiger partial charge in [0.25, 0.3) is 11.8 Å². The summed E-state index contributed by atoms with van der Waals surface area (Å²) < 4.78 is 11.3. The van der Waals surface area contributed by atoms with E-state index in [1.807, 2.05) is 20.8 Å². The van der Waals surface area contributed by atoms with E-state index in [1.54, 1.807) is 48.5 Å². The molecule has 0 aliphatic carbocycles. The van der Waals surface area contributed by atoms with Gasteiger partial charge in [-0.2, -0.15) is 0 Å². The molecule has 0 radical (unpaired) electrons. The monoisotopic (exact) mass is 381 g/mol. The fourth-order valence-electron chi connectivity index (χ4n) is 3.11. The number of carbonyl (C=O) groups excluding carboxylic acids is 3. The van der Waals surface area contributed by atoms with Crippen LogP contribution in [0.3, 0.4) is 0 Å². The van der Waals surface area contributed by atoms with E-state index in [0.29, 0.717) is 23.7 Å². The van der Waals surface area contributed by atoms with E-state index in [-0.39, 0.29) is 23.8 Å². The van der Waals surface area contributed by atoms with Gasteiger partial charge in [-0.1, -0.05) is 38.1 Å². The van der Waals surface area contributed by atoms with E-state index in [0.717, 1.165) is 4.90 Å². The van der Waals surface area contributed by atoms with Gasteiger partial charge in [-0.05, 0) is 37.1 Å². The molecule has 2 amide bonds. The number of Topliss-reactive ketones (excluding diaryl/α,β-unsaturated/α-hetero) is 1. The van der Waals surface area contributed by atoms with Gasteiger partial charge in [0, 0.05) is 0 Å². The molecule has 6 heteroatoms.